The van der Waals surface area contributed by atoms with Gasteiger partial charge < -0.3 is 10.2 Å². The number of carbonyl (C=O) groups excluding carboxylic acids is 2. The first-order valence-corrected chi connectivity index (χ1v) is 10.3. The first-order chi connectivity index (χ1) is 14.0. The molecule has 5 nitrogen and oxygen atoms in total. The third kappa shape index (κ3) is 3.82. The van der Waals surface area contributed by atoms with E-state index in [1.165, 1.54) is 5.56 Å². The number of nitrogens with zero attached hydrogens (tertiary/aromatic N) is 2. The first kappa shape index (κ1) is 19.4. The Labute approximate surface area is 171 Å². The Hall–Kier alpha value is -2.95. The highest BCUT2D eigenvalue weighted by Crippen LogP contribution is 2.39. The summed E-state index contributed by atoms with van der Waals surface area (Å²) in [6, 6.07) is 11.8. The van der Waals surface area contributed by atoms with Crippen molar-refractivity contribution >= 4 is 34.6 Å². The number of aryl methyl sites for hydroxylation is 3. The van der Waals surface area contributed by atoms with Gasteiger partial charge >= 0.3 is 0 Å². The van der Waals surface area contributed by atoms with Crippen molar-refractivity contribution in [2.75, 3.05) is 16.8 Å². The van der Waals surface area contributed by atoms with Gasteiger partial charge in [-0.25, -0.2) is 0 Å². The molecule has 4 rings (SSSR count). The van der Waals surface area contributed by atoms with Crippen LogP contribution in [0, 0.1) is 19.8 Å². The fourth-order valence-corrected chi connectivity index (χ4v) is 4.11. The van der Waals surface area contributed by atoms with Crippen LogP contribution < -0.4 is 10.2 Å². The molecule has 1 aliphatic heterocycles. The van der Waals surface area contributed by atoms with E-state index in [1.54, 1.807) is 4.90 Å². The van der Waals surface area contributed by atoms with Crippen LogP contribution in [0.2, 0.25) is 0 Å². The highest BCUT2D eigenvalue weighted by atomic mass is 16.2. The lowest BCUT2D eigenvalue weighted by Gasteiger charge is -2.25. The van der Waals surface area contributed by atoms with Gasteiger partial charge in [0, 0.05) is 11.4 Å². The molecule has 1 atom stereocenters. The van der Waals surface area contributed by atoms with Crippen molar-refractivity contribution in [3.05, 3.63) is 53.1 Å². The minimum absolute atomic E-state index is 0.0108. The van der Waals surface area contributed by atoms with Crippen LogP contribution in [0.5, 0.6) is 0 Å². The van der Waals surface area contributed by atoms with Crippen molar-refractivity contribution in [3.8, 4) is 0 Å². The molecule has 0 aromatic heterocycles. The molecule has 2 aromatic carbocycles. The number of amides is 2. The van der Waals surface area contributed by atoms with Crippen molar-refractivity contribution in [1.29, 1.82) is 0 Å². The molecule has 2 aliphatic rings. The van der Waals surface area contributed by atoms with Crippen LogP contribution in [0.1, 0.15) is 42.9 Å². The van der Waals surface area contributed by atoms with E-state index in [4.69, 9.17) is 4.99 Å². The van der Waals surface area contributed by atoms with E-state index in [-0.39, 0.29) is 24.3 Å². The highest BCUT2D eigenvalue weighted by molar-refractivity contribution is 6.16. The SMILES string of the molecule is CCc1ccc(NC(=O)CN2C(=O)C3CCCC3=Nc3cc(C)c(C)cc32)cc1. The lowest BCUT2D eigenvalue weighted by molar-refractivity contribution is -0.122. The second-order valence-electron chi connectivity index (χ2n) is 8.00. The van der Waals surface area contributed by atoms with Crippen molar-refractivity contribution in [2.45, 2.75) is 46.5 Å². The minimum Gasteiger partial charge on any atom is -0.325 e. The first-order valence-electron chi connectivity index (χ1n) is 10.3. The summed E-state index contributed by atoms with van der Waals surface area (Å²) < 4.78 is 0. The number of nitrogens with one attached hydrogen (secondary N) is 1. The summed E-state index contributed by atoms with van der Waals surface area (Å²) in [6.07, 6.45) is 3.59. The normalized spacial score (nSPS) is 18.0. The average molecular weight is 389 g/mol. The second kappa shape index (κ2) is 7.82. The number of anilines is 2. The lowest BCUT2D eigenvalue weighted by Crippen LogP contribution is -2.42. The van der Waals surface area contributed by atoms with Gasteiger partial charge in [0.2, 0.25) is 11.8 Å². The zero-order valence-electron chi connectivity index (χ0n) is 17.3. The molecular weight excluding hydrogens is 362 g/mol. The topological polar surface area (TPSA) is 61.8 Å². The smallest absolute Gasteiger partial charge is 0.244 e. The molecule has 5 heteroatoms. The maximum absolute atomic E-state index is 13.3. The number of hydrogen-bond acceptors (Lipinski definition) is 3. The van der Waals surface area contributed by atoms with Crippen LogP contribution in [0.3, 0.4) is 0 Å². The molecule has 0 radical (unpaired) electrons. The van der Waals surface area contributed by atoms with Crippen LogP contribution in [0.4, 0.5) is 17.1 Å². The van der Waals surface area contributed by atoms with Gasteiger partial charge in [0.15, 0.2) is 0 Å². The van der Waals surface area contributed by atoms with Gasteiger partial charge in [0.05, 0.1) is 17.3 Å². The maximum atomic E-state index is 13.3. The number of aliphatic imine (C=N–C) groups is 1. The maximum Gasteiger partial charge on any atom is 0.244 e. The second-order valence-corrected chi connectivity index (χ2v) is 8.00. The van der Waals surface area contributed by atoms with Crippen LogP contribution in [0.25, 0.3) is 0 Å². The third-order valence-corrected chi connectivity index (χ3v) is 5.99. The summed E-state index contributed by atoms with van der Waals surface area (Å²) >= 11 is 0. The van der Waals surface area contributed by atoms with Crippen molar-refractivity contribution in [2.24, 2.45) is 10.9 Å². The average Bonchev–Trinajstić information content (AvgIpc) is 3.14. The van der Waals surface area contributed by atoms with E-state index in [2.05, 4.69) is 12.2 Å². The van der Waals surface area contributed by atoms with Gasteiger partial charge in [-0.15, -0.1) is 0 Å². The van der Waals surface area contributed by atoms with Crippen molar-refractivity contribution < 1.29 is 9.59 Å². The van der Waals surface area contributed by atoms with Crippen LogP contribution >= 0.6 is 0 Å². The van der Waals surface area contributed by atoms with Crippen LogP contribution in [-0.4, -0.2) is 24.1 Å². The summed E-state index contributed by atoms with van der Waals surface area (Å²) in [5.41, 5.74) is 6.67. The van der Waals surface area contributed by atoms with E-state index in [1.807, 2.05) is 50.2 Å². The molecule has 1 fully saturated rings. The fraction of sp³-hybridized carbons (Fsp3) is 0.375. The summed E-state index contributed by atoms with van der Waals surface area (Å²) in [5, 5.41) is 2.93. The van der Waals surface area contributed by atoms with Crippen molar-refractivity contribution in [1.82, 2.24) is 0 Å². The number of hydrogen-bond donors (Lipinski definition) is 1. The molecular formula is C24H27N3O2. The molecule has 2 aromatic rings. The summed E-state index contributed by atoms with van der Waals surface area (Å²) in [6.45, 7) is 6.15. The Morgan fingerprint density at radius 3 is 2.62 bits per heavy atom. The van der Waals surface area contributed by atoms with Gasteiger partial charge in [0.25, 0.3) is 0 Å². The van der Waals surface area contributed by atoms with E-state index >= 15 is 0 Å². The molecule has 1 unspecified atom stereocenters. The largest absolute Gasteiger partial charge is 0.325 e. The van der Waals surface area contributed by atoms with Gasteiger partial charge in [-0.05, 0) is 80.5 Å². The van der Waals surface area contributed by atoms with Gasteiger partial charge in [-0.3, -0.25) is 14.6 Å². The molecule has 29 heavy (non-hydrogen) atoms. The van der Waals surface area contributed by atoms with E-state index in [0.29, 0.717) is 0 Å². The molecule has 1 saturated carbocycles. The molecule has 0 spiro atoms. The zero-order chi connectivity index (χ0) is 20.5. The number of rotatable bonds is 4. The molecule has 0 saturated heterocycles. The number of fused-ring (bicyclic) bond motifs is 2. The van der Waals surface area contributed by atoms with Crippen molar-refractivity contribution in [3.63, 3.8) is 0 Å². The Kier molecular flexibility index (Phi) is 5.22. The summed E-state index contributed by atoms with van der Waals surface area (Å²) in [5.74, 6) is -0.424. The Morgan fingerprint density at radius 1 is 1.17 bits per heavy atom. The summed E-state index contributed by atoms with van der Waals surface area (Å²) in [7, 11) is 0. The van der Waals surface area contributed by atoms with Crippen LogP contribution in [-0.2, 0) is 16.0 Å². The Morgan fingerprint density at radius 2 is 1.90 bits per heavy atom. The predicted molar refractivity (Wildman–Crippen MR) is 117 cm³/mol. The summed E-state index contributed by atoms with van der Waals surface area (Å²) in [4.78, 5) is 32.6. The van der Waals surface area contributed by atoms with E-state index < -0.39 is 0 Å². The predicted octanol–water partition coefficient (Wildman–Crippen LogP) is 4.72. The molecule has 2 amide bonds. The van der Waals surface area contributed by atoms with Crippen LogP contribution in [0.15, 0.2) is 41.4 Å². The molecule has 150 valence electrons. The monoisotopic (exact) mass is 389 g/mol. The molecule has 1 N–H and O–H groups in total. The fourth-order valence-electron chi connectivity index (χ4n) is 4.11. The quantitative estimate of drug-likeness (QED) is 0.822. The van der Waals surface area contributed by atoms with Gasteiger partial charge in [0.1, 0.15) is 6.54 Å². The Bertz CT molecular complexity index is 992. The zero-order valence-corrected chi connectivity index (χ0v) is 17.3. The van der Waals surface area contributed by atoms with Gasteiger partial charge in [-0.2, -0.15) is 0 Å². The number of carbonyl (C=O) groups is 2. The minimum atomic E-state index is -0.209. The standard InChI is InChI=1S/C24H27N3O2/c1-4-17-8-10-18(11-9-17)25-23(28)14-27-22-13-16(3)15(2)12-21(22)26-20-7-5-6-19(20)24(27)29/h8-13,19H,4-7,14H2,1-3H3,(H,25,28). The number of benzene rings is 2. The van der Waals surface area contributed by atoms with Gasteiger partial charge in [-0.1, -0.05) is 19.1 Å². The lowest BCUT2D eigenvalue weighted by atomic mass is 10.0. The Balaban J connectivity index is 1.62. The molecule has 1 heterocycles. The third-order valence-electron chi connectivity index (χ3n) is 5.99. The highest BCUT2D eigenvalue weighted by Gasteiger charge is 2.37. The van der Waals surface area contributed by atoms with E-state index in [0.717, 1.165) is 59.6 Å². The molecule has 1 aliphatic carbocycles. The molecule has 0 bridgehead atoms. The van der Waals surface area contributed by atoms with E-state index in [9.17, 15) is 9.59 Å².